The van der Waals surface area contributed by atoms with Crippen LogP contribution in [-0.4, -0.2) is 24.4 Å². The van der Waals surface area contributed by atoms with Crippen LogP contribution in [0, 0.1) is 5.92 Å². The fourth-order valence-corrected chi connectivity index (χ4v) is 4.75. The maximum absolute atomic E-state index is 13.8. The van der Waals surface area contributed by atoms with Crippen LogP contribution >= 0.6 is 0 Å². The van der Waals surface area contributed by atoms with Crippen LogP contribution in [0.1, 0.15) is 43.9 Å². The summed E-state index contributed by atoms with van der Waals surface area (Å²) in [6.45, 7) is 3.73. The number of nitrogens with one attached hydrogen (secondary N) is 1. The molecule has 11 heteroatoms. The summed E-state index contributed by atoms with van der Waals surface area (Å²) >= 11 is 0. The van der Waals surface area contributed by atoms with Gasteiger partial charge in [0.25, 0.3) is 0 Å². The van der Waals surface area contributed by atoms with Crippen molar-refractivity contribution in [3.63, 3.8) is 0 Å². The minimum atomic E-state index is -4.96. The third-order valence-corrected chi connectivity index (χ3v) is 6.60. The Kier molecular flexibility index (Phi) is 5.44. The standard InChI is InChI=1S/C18H20F6N2O2S/c1-10(2)8-26-9-14(13-6-3-11(7-15(13)26)17(19,20)21)16(18(22,23)24)25-29(27,28)12-4-5-12/h3,6-7,9-10,12,16,25H,4-5,8H2,1-2H3/t16-/m0/s1. The Morgan fingerprint density at radius 1 is 1.14 bits per heavy atom. The van der Waals surface area contributed by atoms with Crippen LogP contribution in [0.4, 0.5) is 26.3 Å². The molecule has 1 aromatic heterocycles. The van der Waals surface area contributed by atoms with E-state index in [1.54, 1.807) is 18.6 Å². The largest absolute Gasteiger partial charge is 0.416 e. The van der Waals surface area contributed by atoms with Crippen LogP contribution in [0.2, 0.25) is 0 Å². The molecule has 1 saturated carbocycles. The predicted molar refractivity (Wildman–Crippen MR) is 95.7 cm³/mol. The lowest BCUT2D eigenvalue weighted by molar-refractivity contribution is -0.152. The molecule has 0 saturated heterocycles. The first-order valence-electron chi connectivity index (χ1n) is 8.98. The number of fused-ring (bicyclic) bond motifs is 1. The van der Waals surface area contributed by atoms with Gasteiger partial charge < -0.3 is 4.57 Å². The first-order chi connectivity index (χ1) is 13.2. The van der Waals surface area contributed by atoms with Crippen molar-refractivity contribution < 1.29 is 34.8 Å². The molecule has 3 rings (SSSR count). The van der Waals surface area contributed by atoms with Crippen LogP contribution in [0.5, 0.6) is 0 Å². The number of halogens is 6. The summed E-state index contributed by atoms with van der Waals surface area (Å²) in [5.74, 6) is -0.0551. The Balaban J connectivity index is 2.17. The van der Waals surface area contributed by atoms with Crippen molar-refractivity contribution in [2.75, 3.05) is 0 Å². The topological polar surface area (TPSA) is 51.1 Å². The van der Waals surface area contributed by atoms with Gasteiger partial charge in [0.15, 0.2) is 0 Å². The summed E-state index contributed by atoms with van der Waals surface area (Å²) in [6, 6.07) is -0.0758. The van der Waals surface area contributed by atoms with E-state index in [1.165, 1.54) is 4.57 Å². The summed E-state index contributed by atoms with van der Waals surface area (Å²) in [6.07, 6.45) is -7.95. The van der Waals surface area contributed by atoms with E-state index in [4.69, 9.17) is 0 Å². The van der Waals surface area contributed by atoms with Crippen molar-refractivity contribution >= 4 is 20.9 Å². The molecule has 0 bridgehead atoms. The van der Waals surface area contributed by atoms with Gasteiger partial charge in [0.05, 0.1) is 10.8 Å². The number of hydrogen-bond acceptors (Lipinski definition) is 2. The first-order valence-corrected chi connectivity index (χ1v) is 10.5. The van der Waals surface area contributed by atoms with E-state index in [0.29, 0.717) is 6.07 Å². The Morgan fingerprint density at radius 2 is 1.76 bits per heavy atom. The van der Waals surface area contributed by atoms with Gasteiger partial charge in [0, 0.05) is 29.2 Å². The average Bonchev–Trinajstić information content (AvgIpc) is 3.35. The molecular weight excluding hydrogens is 422 g/mol. The van der Waals surface area contributed by atoms with E-state index in [-0.39, 0.29) is 36.2 Å². The Labute approximate surface area is 163 Å². The zero-order chi connectivity index (χ0) is 21.8. The van der Waals surface area contributed by atoms with Crippen molar-refractivity contribution in [3.8, 4) is 0 Å². The molecule has 1 atom stereocenters. The molecule has 1 aliphatic carbocycles. The SMILES string of the molecule is CC(C)Cn1cc([C@H](NS(=O)(=O)C2CC2)C(F)(F)F)c2ccc(C(F)(F)F)cc21. The number of sulfonamides is 1. The highest BCUT2D eigenvalue weighted by molar-refractivity contribution is 7.90. The first kappa shape index (κ1) is 21.9. The molecule has 4 nitrogen and oxygen atoms in total. The molecule has 29 heavy (non-hydrogen) atoms. The molecule has 0 amide bonds. The number of aromatic nitrogens is 1. The zero-order valence-corrected chi connectivity index (χ0v) is 16.4. The Bertz CT molecular complexity index is 1000. The molecule has 1 heterocycles. The Hall–Kier alpha value is -1.75. The number of hydrogen-bond donors (Lipinski definition) is 1. The molecule has 1 aliphatic rings. The van der Waals surface area contributed by atoms with Crippen molar-refractivity contribution in [1.29, 1.82) is 0 Å². The minimum absolute atomic E-state index is 0.0246. The monoisotopic (exact) mass is 442 g/mol. The molecule has 1 aromatic carbocycles. The zero-order valence-electron chi connectivity index (χ0n) is 15.6. The Morgan fingerprint density at radius 3 is 2.24 bits per heavy atom. The summed E-state index contributed by atoms with van der Waals surface area (Å²) in [5.41, 5.74) is -1.42. The van der Waals surface area contributed by atoms with Gasteiger partial charge in [-0.2, -0.15) is 31.1 Å². The van der Waals surface area contributed by atoms with Gasteiger partial charge in [0.1, 0.15) is 6.04 Å². The summed E-state index contributed by atoms with van der Waals surface area (Å²) in [5, 5.41) is -0.937. The van der Waals surface area contributed by atoms with E-state index in [9.17, 15) is 34.8 Å². The van der Waals surface area contributed by atoms with E-state index < -0.39 is 44.8 Å². The summed E-state index contributed by atoms with van der Waals surface area (Å²) in [7, 11) is -4.19. The highest BCUT2D eigenvalue weighted by atomic mass is 32.2. The van der Waals surface area contributed by atoms with Crippen molar-refractivity contribution in [3.05, 3.63) is 35.5 Å². The molecular formula is C18H20F6N2O2S. The van der Waals surface area contributed by atoms with Crippen LogP contribution in [0.3, 0.4) is 0 Å². The third kappa shape index (κ3) is 4.71. The lowest BCUT2D eigenvalue weighted by atomic mass is 10.0. The molecule has 0 radical (unpaired) electrons. The fraction of sp³-hybridized carbons (Fsp3) is 0.556. The van der Waals surface area contributed by atoms with Crippen LogP contribution in [0.25, 0.3) is 10.9 Å². The molecule has 0 aliphatic heterocycles. The molecule has 1 N–H and O–H groups in total. The third-order valence-electron chi connectivity index (χ3n) is 4.69. The number of rotatable bonds is 6. The number of benzene rings is 1. The second kappa shape index (κ2) is 7.19. The highest BCUT2D eigenvalue weighted by Crippen LogP contribution is 2.41. The van der Waals surface area contributed by atoms with Crippen molar-refractivity contribution in [2.24, 2.45) is 5.92 Å². The lowest BCUT2D eigenvalue weighted by Crippen LogP contribution is -2.39. The lowest BCUT2D eigenvalue weighted by Gasteiger charge is -2.21. The van der Waals surface area contributed by atoms with Gasteiger partial charge in [0.2, 0.25) is 10.0 Å². The summed E-state index contributed by atoms with van der Waals surface area (Å²) < 4.78 is 108. The van der Waals surface area contributed by atoms with Gasteiger partial charge in [-0.25, -0.2) is 8.42 Å². The predicted octanol–water partition coefficient (Wildman–Crippen LogP) is 5.00. The van der Waals surface area contributed by atoms with E-state index in [1.807, 2.05) is 0 Å². The van der Waals surface area contributed by atoms with E-state index in [0.717, 1.165) is 18.3 Å². The molecule has 0 unspecified atom stereocenters. The normalized spacial score (nSPS) is 17.3. The number of nitrogens with zero attached hydrogens (tertiary/aromatic N) is 1. The second-order valence-corrected chi connectivity index (χ2v) is 9.69. The summed E-state index contributed by atoms with van der Waals surface area (Å²) in [4.78, 5) is 0. The fourth-order valence-electron chi connectivity index (χ4n) is 3.22. The minimum Gasteiger partial charge on any atom is -0.347 e. The number of alkyl halides is 6. The van der Waals surface area contributed by atoms with Gasteiger partial charge in [-0.15, -0.1) is 0 Å². The molecule has 162 valence electrons. The average molecular weight is 442 g/mol. The van der Waals surface area contributed by atoms with E-state index in [2.05, 4.69) is 0 Å². The van der Waals surface area contributed by atoms with Gasteiger partial charge in [-0.3, -0.25) is 0 Å². The van der Waals surface area contributed by atoms with Crippen LogP contribution < -0.4 is 4.72 Å². The van der Waals surface area contributed by atoms with Crippen molar-refractivity contribution in [2.45, 2.75) is 56.9 Å². The van der Waals surface area contributed by atoms with Gasteiger partial charge in [-0.05, 0) is 30.9 Å². The maximum atomic E-state index is 13.8. The molecule has 0 spiro atoms. The molecule has 2 aromatic rings. The van der Waals surface area contributed by atoms with Gasteiger partial charge in [-0.1, -0.05) is 19.9 Å². The van der Waals surface area contributed by atoms with Crippen LogP contribution in [-0.2, 0) is 22.7 Å². The smallest absolute Gasteiger partial charge is 0.347 e. The van der Waals surface area contributed by atoms with E-state index >= 15 is 0 Å². The quantitative estimate of drug-likeness (QED) is 0.640. The highest BCUT2D eigenvalue weighted by Gasteiger charge is 2.47. The van der Waals surface area contributed by atoms with Crippen molar-refractivity contribution in [1.82, 2.24) is 9.29 Å². The molecule has 1 fully saturated rings. The second-order valence-electron chi connectivity index (χ2n) is 7.70. The van der Waals surface area contributed by atoms with Crippen LogP contribution in [0.15, 0.2) is 24.4 Å². The maximum Gasteiger partial charge on any atom is 0.416 e. The van der Waals surface area contributed by atoms with Gasteiger partial charge >= 0.3 is 12.4 Å².